The number of thioether (sulfide) groups is 1. The summed E-state index contributed by atoms with van der Waals surface area (Å²) in [6.07, 6.45) is -5.46. The minimum absolute atomic E-state index is 0.164. The van der Waals surface area contributed by atoms with Crippen molar-refractivity contribution in [3.8, 4) is 11.5 Å². The molecule has 2 amide bonds. The molecule has 0 saturated carbocycles. The van der Waals surface area contributed by atoms with E-state index in [9.17, 15) is 32.3 Å². The lowest BCUT2D eigenvalue weighted by Gasteiger charge is -2.25. The number of methoxy groups -OCH3 is 2. The summed E-state index contributed by atoms with van der Waals surface area (Å²) in [5.74, 6) is -5.12. The molecule has 1 rings (SSSR count). The highest BCUT2D eigenvalue weighted by molar-refractivity contribution is 8.00. The van der Waals surface area contributed by atoms with E-state index in [2.05, 4.69) is 10.6 Å². The highest BCUT2D eigenvalue weighted by atomic mass is 32.2. The summed E-state index contributed by atoms with van der Waals surface area (Å²) in [6.45, 7) is 3.26. The van der Waals surface area contributed by atoms with E-state index < -0.39 is 65.7 Å². The second kappa shape index (κ2) is 13.8. The third kappa shape index (κ3) is 10.9. The number of hydrogen-bond acceptors (Lipinski definition) is 7. The van der Waals surface area contributed by atoms with Gasteiger partial charge in [-0.25, -0.2) is 0 Å². The molecule has 0 aliphatic heterocycles. The summed E-state index contributed by atoms with van der Waals surface area (Å²) in [7, 11) is 2.89. The maximum Gasteiger partial charge on any atom is 0.397 e. The Morgan fingerprint density at radius 1 is 1.09 bits per heavy atom. The molecule has 3 N–H and O–H groups in total. The van der Waals surface area contributed by atoms with E-state index in [4.69, 9.17) is 14.6 Å². The van der Waals surface area contributed by atoms with Crippen molar-refractivity contribution in [1.82, 2.24) is 10.6 Å². The van der Waals surface area contributed by atoms with Gasteiger partial charge in [-0.05, 0) is 24.1 Å². The highest BCUT2D eigenvalue weighted by Gasteiger charge is 2.32. The molecule has 0 fully saturated rings. The van der Waals surface area contributed by atoms with E-state index in [0.717, 1.165) is 0 Å². The van der Waals surface area contributed by atoms with Crippen molar-refractivity contribution < 1.29 is 46.9 Å². The number of carboxylic acid groups (broad SMARTS) is 1. The first-order chi connectivity index (χ1) is 16.3. The number of aliphatic carboxylic acids is 1. The van der Waals surface area contributed by atoms with Crippen LogP contribution in [0.15, 0.2) is 18.2 Å². The van der Waals surface area contributed by atoms with Gasteiger partial charge >= 0.3 is 12.1 Å². The Hall–Kier alpha value is -2.96. The summed E-state index contributed by atoms with van der Waals surface area (Å²) in [5.41, 5.74) is 0.493. The monoisotopic (exact) mass is 522 g/mol. The number of rotatable bonds is 14. The first-order valence-electron chi connectivity index (χ1n) is 10.5. The molecule has 0 saturated heterocycles. The molecule has 0 aromatic heterocycles. The number of amides is 2. The topological polar surface area (TPSA) is 131 Å². The van der Waals surface area contributed by atoms with Crippen LogP contribution >= 0.6 is 11.8 Å². The van der Waals surface area contributed by atoms with Crippen LogP contribution in [0.1, 0.15) is 25.8 Å². The van der Waals surface area contributed by atoms with Crippen molar-refractivity contribution in [2.75, 3.05) is 25.7 Å². The number of carboxylic acids is 1. The first kappa shape index (κ1) is 30.1. The lowest BCUT2D eigenvalue weighted by molar-refractivity contribution is -0.140. The van der Waals surface area contributed by atoms with Crippen molar-refractivity contribution in [2.45, 2.75) is 44.9 Å². The Morgan fingerprint density at radius 3 is 2.26 bits per heavy atom. The maximum absolute atomic E-state index is 12.8. The molecule has 1 aromatic carbocycles. The zero-order valence-corrected chi connectivity index (χ0v) is 20.5. The van der Waals surface area contributed by atoms with Gasteiger partial charge in [0.1, 0.15) is 17.5 Å². The number of carbonyl (C=O) groups excluding carboxylic acids is 3. The van der Waals surface area contributed by atoms with Gasteiger partial charge in [0, 0.05) is 5.56 Å². The van der Waals surface area contributed by atoms with Gasteiger partial charge in [0.05, 0.1) is 44.6 Å². The number of alkyl halides is 3. The Balaban J connectivity index is 2.91. The molecule has 0 aliphatic carbocycles. The predicted molar refractivity (Wildman–Crippen MR) is 123 cm³/mol. The summed E-state index contributed by atoms with van der Waals surface area (Å²) in [4.78, 5) is 48.9. The number of ketones is 1. The molecule has 0 heterocycles. The van der Waals surface area contributed by atoms with Crippen LogP contribution in [0.3, 0.4) is 0 Å². The lowest BCUT2D eigenvalue weighted by atomic mass is 10.0. The van der Waals surface area contributed by atoms with Gasteiger partial charge in [-0.1, -0.05) is 13.8 Å². The van der Waals surface area contributed by atoms with Crippen LogP contribution in [0.5, 0.6) is 11.5 Å². The van der Waals surface area contributed by atoms with E-state index in [0.29, 0.717) is 17.1 Å². The molecular weight excluding hydrogens is 493 g/mol. The highest BCUT2D eigenvalue weighted by Crippen LogP contribution is 2.24. The zero-order valence-electron chi connectivity index (χ0n) is 19.7. The van der Waals surface area contributed by atoms with Crippen LogP contribution in [0.4, 0.5) is 13.2 Å². The summed E-state index contributed by atoms with van der Waals surface area (Å²) < 4.78 is 47.4. The fraction of sp³-hybridized carbons (Fsp3) is 0.545. The van der Waals surface area contributed by atoms with Crippen molar-refractivity contribution >= 4 is 35.3 Å². The Bertz CT molecular complexity index is 910. The number of halogens is 3. The summed E-state index contributed by atoms with van der Waals surface area (Å²) >= 11 is 0.273. The maximum atomic E-state index is 12.8. The molecule has 0 aliphatic rings. The molecule has 1 aromatic rings. The molecule has 9 nitrogen and oxygen atoms in total. The quantitative estimate of drug-likeness (QED) is 0.339. The second-order valence-electron chi connectivity index (χ2n) is 7.88. The average Bonchev–Trinajstić information content (AvgIpc) is 2.75. The van der Waals surface area contributed by atoms with Gasteiger partial charge in [-0.15, -0.1) is 11.8 Å². The van der Waals surface area contributed by atoms with Crippen LogP contribution in [-0.2, 0) is 25.6 Å². The van der Waals surface area contributed by atoms with E-state index in [1.807, 2.05) is 0 Å². The minimum atomic E-state index is -4.49. The van der Waals surface area contributed by atoms with Gasteiger partial charge in [0.15, 0.2) is 5.78 Å². The molecule has 0 spiro atoms. The minimum Gasteiger partial charge on any atom is -0.497 e. The van der Waals surface area contributed by atoms with Crippen LogP contribution in [-0.4, -0.2) is 72.7 Å². The number of hydrogen-bond donors (Lipinski definition) is 3. The Kier molecular flexibility index (Phi) is 11.9. The van der Waals surface area contributed by atoms with Gasteiger partial charge in [-0.2, -0.15) is 13.2 Å². The van der Waals surface area contributed by atoms with E-state index in [1.54, 1.807) is 32.0 Å². The molecule has 35 heavy (non-hydrogen) atoms. The van der Waals surface area contributed by atoms with E-state index in [1.165, 1.54) is 14.2 Å². The molecule has 196 valence electrons. The standard InChI is InChI=1S/C22H29F3N2O7S/c1-12(2)20(27-18(29)8-13-7-14(33-3)5-6-17(13)34-4)21(32)26-15(9-19(30)31)16(28)10-35-11-22(23,24)25/h5-7,12,15,20H,8-11H2,1-4H3,(H,26,32)(H,27,29)(H,30,31)/t15-,20-/m0/s1. The van der Waals surface area contributed by atoms with E-state index in [-0.39, 0.29) is 18.2 Å². The van der Waals surface area contributed by atoms with Crippen molar-refractivity contribution in [3.05, 3.63) is 23.8 Å². The van der Waals surface area contributed by atoms with Gasteiger partial charge in [0.2, 0.25) is 11.8 Å². The van der Waals surface area contributed by atoms with E-state index >= 15 is 0 Å². The third-order valence-electron chi connectivity index (χ3n) is 4.70. The summed E-state index contributed by atoms with van der Waals surface area (Å²) in [6, 6.07) is 2.19. The molecule has 0 radical (unpaired) electrons. The fourth-order valence-electron chi connectivity index (χ4n) is 3.00. The zero-order chi connectivity index (χ0) is 26.8. The first-order valence-corrected chi connectivity index (χ1v) is 11.6. The number of carbonyl (C=O) groups is 4. The van der Waals surface area contributed by atoms with Crippen LogP contribution in [0.2, 0.25) is 0 Å². The second-order valence-corrected chi connectivity index (χ2v) is 8.86. The van der Waals surface area contributed by atoms with Crippen molar-refractivity contribution in [1.29, 1.82) is 0 Å². The van der Waals surface area contributed by atoms with Crippen LogP contribution < -0.4 is 20.1 Å². The average molecular weight is 523 g/mol. The van der Waals surface area contributed by atoms with Crippen molar-refractivity contribution in [3.63, 3.8) is 0 Å². The summed E-state index contributed by atoms with van der Waals surface area (Å²) in [5, 5.41) is 13.9. The van der Waals surface area contributed by atoms with Crippen molar-refractivity contribution in [2.24, 2.45) is 5.92 Å². The van der Waals surface area contributed by atoms with Gasteiger partial charge in [0.25, 0.3) is 0 Å². The predicted octanol–water partition coefficient (Wildman–Crippen LogP) is 2.21. The molecule has 0 unspecified atom stereocenters. The normalized spacial score (nSPS) is 13.0. The van der Waals surface area contributed by atoms with Gasteiger partial charge in [-0.3, -0.25) is 19.2 Å². The SMILES string of the molecule is COc1ccc(OC)c(CC(=O)N[C@H](C(=O)N[C@@H](CC(=O)O)C(=O)CSCC(F)(F)F)C(C)C)c1. The third-order valence-corrected chi connectivity index (χ3v) is 5.72. The molecule has 0 bridgehead atoms. The lowest BCUT2D eigenvalue weighted by Crippen LogP contribution is -2.54. The molecule has 13 heteroatoms. The fourth-order valence-corrected chi connectivity index (χ4v) is 3.74. The molecular formula is C22H29F3N2O7S. The molecule has 2 atom stereocenters. The van der Waals surface area contributed by atoms with Gasteiger partial charge < -0.3 is 25.2 Å². The smallest absolute Gasteiger partial charge is 0.397 e. The number of Topliss-reactive ketones (excluding diaryl/α,β-unsaturated/α-hetero) is 1. The van der Waals surface area contributed by atoms with Crippen LogP contribution in [0, 0.1) is 5.92 Å². The number of nitrogens with one attached hydrogen (secondary N) is 2. The Labute approximate surface area is 205 Å². The Morgan fingerprint density at radius 2 is 1.74 bits per heavy atom. The number of benzene rings is 1. The van der Waals surface area contributed by atoms with Crippen LogP contribution in [0.25, 0.3) is 0 Å². The number of ether oxygens (including phenoxy) is 2. The largest absolute Gasteiger partial charge is 0.497 e.